The molecule has 0 aliphatic rings. The van der Waals surface area contributed by atoms with Gasteiger partial charge in [0.1, 0.15) is 0 Å². The molecule has 0 atom stereocenters. The van der Waals surface area contributed by atoms with E-state index in [-0.39, 0.29) is 28.7 Å². The average molecular weight is 284 g/mol. The number of hydrogen-bond donors (Lipinski definition) is 2. The van der Waals surface area contributed by atoms with Crippen LogP contribution in [0.2, 0.25) is 0 Å². The van der Waals surface area contributed by atoms with E-state index >= 15 is 0 Å². The van der Waals surface area contributed by atoms with Crippen LogP contribution in [-0.2, 0) is 0 Å². The van der Waals surface area contributed by atoms with E-state index in [1.54, 1.807) is 36.4 Å². The molecule has 0 aromatic heterocycles. The number of benzene rings is 2. The third-order valence-electron chi connectivity index (χ3n) is 2.96. The molecule has 0 bridgehead atoms. The zero-order chi connectivity index (χ0) is 15.4. The topological polar surface area (TPSA) is 58.9 Å². The molecule has 108 valence electrons. The number of ether oxygens (including phenoxy) is 2. The van der Waals surface area contributed by atoms with Crippen molar-refractivity contribution in [3.63, 3.8) is 0 Å². The molecule has 2 N–H and O–H groups in total. The zero-order valence-electron chi connectivity index (χ0n) is 11.7. The number of phenols is 2. The molecule has 0 spiro atoms. The van der Waals surface area contributed by atoms with Crippen molar-refractivity contribution in [2.75, 3.05) is 7.11 Å². The number of hydrogen-bond acceptors (Lipinski definition) is 4. The van der Waals surface area contributed by atoms with Gasteiger partial charge in [-0.3, -0.25) is 0 Å². The maximum absolute atomic E-state index is 10.1. The first-order chi connectivity index (χ1) is 10.1. The number of phenolic OH excluding ortho intramolecular Hbond substituents is 2. The Kier molecular flexibility index (Phi) is 4.18. The predicted octanol–water partition coefficient (Wildman–Crippen LogP) is 4.18. The van der Waals surface area contributed by atoms with Crippen LogP contribution in [0.5, 0.6) is 28.7 Å². The van der Waals surface area contributed by atoms with Gasteiger partial charge in [-0.15, -0.1) is 0 Å². The van der Waals surface area contributed by atoms with E-state index in [1.807, 2.05) is 0 Å². The van der Waals surface area contributed by atoms with Crippen LogP contribution in [0.4, 0.5) is 0 Å². The Morgan fingerprint density at radius 3 is 2.14 bits per heavy atom. The largest absolute Gasteiger partial charge is 0.504 e. The lowest BCUT2D eigenvalue weighted by atomic mass is 10.1. The lowest BCUT2D eigenvalue weighted by Gasteiger charge is -2.13. The molecular weight excluding hydrogens is 268 g/mol. The van der Waals surface area contributed by atoms with Crippen LogP contribution in [0.15, 0.2) is 43.5 Å². The Labute approximate surface area is 123 Å². The normalized spacial score (nSPS) is 9.95. The summed E-state index contributed by atoms with van der Waals surface area (Å²) < 4.78 is 10.7. The van der Waals surface area contributed by atoms with Gasteiger partial charge in [-0.2, -0.15) is 0 Å². The second-order valence-electron chi connectivity index (χ2n) is 4.31. The third kappa shape index (κ3) is 3.00. The highest BCUT2D eigenvalue weighted by Gasteiger charge is 2.14. The van der Waals surface area contributed by atoms with Crippen LogP contribution in [-0.4, -0.2) is 17.3 Å². The van der Waals surface area contributed by atoms with Crippen LogP contribution >= 0.6 is 0 Å². The fraction of sp³-hybridized carbons (Fsp3) is 0.0588. The molecule has 2 aromatic carbocycles. The summed E-state index contributed by atoms with van der Waals surface area (Å²) in [5.41, 5.74) is 1.51. The van der Waals surface area contributed by atoms with Crippen molar-refractivity contribution in [3.05, 3.63) is 54.6 Å². The first-order valence-corrected chi connectivity index (χ1v) is 6.25. The fourth-order valence-electron chi connectivity index (χ4n) is 1.81. The second-order valence-corrected chi connectivity index (χ2v) is 4.31. The molecule has 0 fully saturated rings. The highest BCUT2D eigenvalue weighted by atomic mass is 16.5. The van der Waals surface area contributed by atoms with Crippen molar-refractivity contribution in [3.8, 4) is 28.7 Å². The summed E-state index contributed by atoms with van der Waals surface area (Å²) in [4.78, 5) is 0. The van der Waals surface area contributed by atoms with Gasteiger partial charge in [-0.1, -0.05) is 31.4 Å². The van der Waals surface area contributed by atoms with Crippen molar-refractivity contribution in [2.45, 2.75) is 0 Å². The van der Waals surface area contributed by atoms with Crippen molar-refractivity contribution >= 4 is 12.2 Å². The predicted molar refractivity (Wildman–Crippen MR) is 83.0 cm³/mol. The molecule has 0 unspecified atom stereocenters. The second kappa shape index (κ2) is 6.05. The van der Waals surface area contributed by atoms with Crippen LogP contribution in [0.1, 0.15) is 11.1 Å². The zero-order valence-corrected chi connectivity index (χ0v) is 11.7. The Bertz CT molecular complexity index is 689. The molecule has 4 heteroatoms. The molecule has 0 amide bonds. The number of methoxy groups -OCH3 is 1. The van der Waals surface area contributed by atoms with Gasteiger partial charge in [0.15, 0.2) is 23.0 Å². The highest BCUT2D eigenvalue weighted by Crippen LogP contribution is 2.42. The monoisotopic (exact) mass is 284 g/mol. The summed E-state index contributed by atoms with van der Waals surface area (Å²) in [7, 11) is 1.45. The molecule has 0 heterocycles. The average Bonchev–Trinajstić information content (AvgIpc) is 2.51. The van der Waals surface area contributed by atoms with E-state index in [0.29, 0.717) is 0 Å². The summed E-state index contributed by atoms with van der Waals surface area (Å²) in [5.74, 6) is 0.461. The Morgan fingerprint density at radius 1 is 0.905 bits per heavy atom. The van der Waals surface area contributed by atoms with Gasteiger partial charge in [0.25, 0.3) is 0 Å². The fourth-order valence-corrected chi connectivity index (χ4v) is 1.81. The SMILES string of the molecule is C=Cc1ccc(O)c(Oc2cc(C=C)cc(OC)c2O)c1. The van der Waals surface area contributed by atoms with E-state index in [9.17, 15) is 10.2 Å². The summed E-state index contributed by atoms with van der Waals surface area (Å²) in [6.07, 6.45) is 3.24. The molecule has 0 aliphatic heterocycles. The maximum Gasteiger partial charge on any atom is 0.201 e. The number of aromatic hydroxyl groups is 2. The van der Waals surface area contributed by atoms with Crippen molar-refractivity contribution in [1.29, 1.82) is 0 Å². The Balaban J connectivity index is 2.48. The smallest absolute Gasteiger partial charge is 0.201 e. The molecule has 0 radical (unpaired) electrons. The van der Waals surface area contributed by atoms with Crippen molar-refractivity contribution < 1.29 is 19.7 Å². The van der Waals surface area contributed by atoms with Gasteiger partial charge in [0, 0.05) is 0 Å². The Hall–Kier alpha value is -2.88. The van der Waals surface area contributed by atoms with Crippen LogP contribution in [0.25, 0.3) is 12.2 Å². The maximum atomic E-state index is 10.1. The molecule has 0 saturated heterocycles. The summed E-state index contributed by atoms with van der Waals surface area (Å²) in [6, 6.07) is 8.06. The van der Waals surface area contributed by atoms with Gasteiger partial charge >= 0.3 is 0 Å². The summed E-state index contributed by atoms with van der Waals surface area (Å²) in [6.45, 7) is 7.33. The number of rotatable bonds is 5. The minimum atomic E-state index is -0.147. The Morgan fingerprint density at radius 2 is 1.52 bits per heavy atom. The van der Waals surface area contributed by atoms with Crippen LogP contribution in [0.3, 0.4) is 0 Å². The van der Waals surface area contributed by atoms with E-state index in [4.69, 9.17) is 9.47 Å². The lowest BCUT2D eigenvalue weighted by molar-refractivity contribution is 0.348. The van der Waals surface area contributed by atoms with Crippen LogP contribution in [0, 0.1) is 0 Å². The highest BCUT2D eigenvalue weighted by molar-refractivity contribution is 5.62. The van der Waals surface area contributed by atoms with Gasteiger partial charge < -0.3 is 19.7 Å². The van der Waals surface area contributed by atoms with E-state index in [1.165, 1.54) is 13.2 Å². The van der Waals surface area contributed by atoms with Crippen molar-refractivity contribution in [1.82, 2.24) is 0 Å². The minimum absolute atomic E-state index is 0.0389. The molecule has 2 rings (SSSR count). The minimum Gasteiger partial charge on any atom is -0.504 e. The molecule has 0 saturated carbocycles. The van der Waals surface area contributed by atoms with Gasteiger partial charge in [0.2, 0.25) is 5.75 Å². The third-order valence-corrected chi connectivity index (χ3v) is 2.96. The summed E-state index contributed by atoms with van der Waals surface area (Å²) in [5, 5.41) is 19.9. The van der Waals surface area contributed by atoms with Crippen molar-refractivity contribution in [2.24, 2.45) is 0 Å². The quantitative estimate of drug-likeness (QED) is 0.864. The molecule has 2 aromatic rings. The van der Waals surface area contributed by atoms with E-state index in [0.717, 1.165) is 11.1 Å². The van der Waals surface area contributed by atoms with Gasteiger partial charge in [-0.05, 0) is 35.4 Å². The van der Waals surface area contributed by atoms with Gasteiger partial charge in [0.05, 0.1) is 7.11 Å². The van der Waals surface area contributed by atoms with E-state index in [2.05, 4.69) is 13.2 Å². The standard InChI is InChI=1S/C17H16O4/c1-4-11-6-7-13(18)14(8-11)21-16-10-12(5-2)9-15(20-3)17(16)19/h4-10,18-19H,1-2H2,3H3. The van der Waals surface area contributed by atoms with Crippen LogP contribution < -0.4 is 9.47 Å². The van der Waals surface area contributed by atoms with Gasteiger partial charge in [-0.25, -0.2) is 0 Å². The molecule has 4 nitrogen and oxygen atoms in total. The molecular formula is C17H16O4. The van der Waals surface area contributed by atoms with E-state index < -0.39 is 0 Å². The summed E-state index contributed by atoms with van der Waals surface area (Å²) >= 11 is 0. The first-order valence-electron chi connectivity index (χ1n) is 6.25. The molecule has 0 aliphatic carbocycles. The molecule has 21 heavy (non-hydrogen) atoms. The first kappa shape index (κ1) is 14.5. The lowest BCUT2D eigenvalue weighted by Crippen LogP contribution is -1.91.